The van der Waals surface area contributed by atoms with Crippen LogP contribution in [0.3, 0.4) is 0 Å². The van der Waals surface area contributed by atoms with E-state index in [-0.39, 0.29) is 4.83 Å². The van der Waals surface area contributed by atoms with Crippen LogP contribution in [0, 0.1) is 0 Å². The number of aliphatic hydroxyl groups excluding tert-OH is 1. The molecule has 0 aromatic heterocycles. The number of aliphatic hydroxyl groups is 1. The van der Waals surface area contributed by atoms with Crippen molar-refractivity contribution in [2.75, 3.05) is 5.75 Å². The fraction of sp³-hybridized carbons (Fsp3) is 0.455. The summed E-state index contributed by atoms with van der Waals surface area (Å²) in [5.41, 5.74) is 2.41. The summed E-state index contributed by atoms with van der Waals surface area (Å²) in [6.45, 7) is 1.96. The molecular formula is C11H13BrOS. The molecule has 14 heavy (non-hydrogen) atoms. The third-order valence-electron chi connectivity index (χ3n) is 2.49. The Kier molecular flexibility index (Phi) is 3.20. The molecule has 1 heterocycles. The summed E-state index contributed by atoms with van der Waals surface area (Å²) in [7, 11) is 0. The molecule has 0 fully saturated rings. The molecule has 2 rings (SSSR count). The minimum Gasteiger partial charge on any atom is -0.387 e. The average molecular weight is 273 g/mol. The number of thioether (sulfide) groups is 1. The number of fused-ring (bicyclic) bond motifs is 1. The van der Waals surface area contributed by atoms with Crippen molar-refractivity contribution in [1.82, 2.24) is 0 Å². The van der Waals surface area contributed by atoms with Crippen LogP contribution in [0.15, 0.2) is 23.1 Å². The molecule has 0 saturated heterocycles. The quantitative estimate of drug-likeness (QED) is 0.835. The normalized spacial score (nSPS) is 19.1. The number of benzene rings is 1. The van der Waals surface area contributed by atoms with Gasteiger partial charge in [-0.1, -0.05) is 28.1 Å². The van der Waals surface area contributed by atoms with Gasteiger partial charge in [-0.2, -0.15) is 0 Å². The van der Waals surface area contributed by atoms with Gasteiger partial charge in [-0.15, -0.1) is 11.8 Å². The Morgan fingerprint density at radius 1 is 1.50 bits per heavy atom. The van der Waals surface area contributed by atoms with Crippen molar-refractivity contribution in [3.63, 3.8) is 0 Å². The Bertz CT molecular complexity index is 338. The Morgan fingerprint density at radius 3 is 3.00 bits per heavy atom. The van der Waals surface area contributed by atoms with Crippen LogP contribution >= 0.6 is 27.7 Å². The standard InChI is InChI=1S/C11H13BrOS/c1-7(12)11(13)9-2-3-10-8(6-9)4-5-14-10/h2-3,6-7,11,13H,4-5H2,1H3. The highest BCUT2D eigenvalue weighted by atomic mass is 79.9. The minimum atomic E-state index is -0.397. The third kappa shape index (κ3) is 2.00. The molecule has 2 unspecified atom stereocenters. The second-order valence-electron chi connectivity index (χ2n) is 3.59. The lowest BCUT2D eigenvalue weighted by Crippen LogP contribution is -2.07. The predicted molar refractivity (Wildman–Crippen MR) is 64.2 cm³/mol. The van der Waals surface area contributed by atoms with Gasteiger partial charge in [0.15, 0.2) is 0 Å². The largest absolute Gasteiger partial charge is 0.387 e. The van der Waals surface area contributed by atoms with Gasteiger partial charge in [-0.05, 0) is 30.5 Å². The first kappa shape index (κ1) is 10.5. The molecule has 1 N–H and O–H groups in total. The van der Waals surface area contributed by atoms with E-state index in [0.29, 0.717) is 0 Å². The number of aryl methyl sites for hydroxylation is 1. The molecule has 1 aromatic rings. The molecule has 0 amide bonds. The SMILES string of the molecule is CC(Br)C(O)c1ccc2c(c1)CCS2. The summed E-state index contributed by atoms with van der Waals surface area (Å²) in [6.07, 6.45) is 0.739. The van der Waals surface area contributed by atoms with Crippen LogP contribution in [0.2, 0.25) is 0 Å². The molecule has 3 heteroatoms. The van der Waals surface area contributed by atoms with E-state index >= 15 is 0 Å². The van der Waals surface area contributed by atoms with Crippen LogP contribution in [0.25, 0.3) is 0 Å². The van der Waals surface area contributed by atoms with E-state index in [1.807, 2.05) is 24.8 Å². The molecule has 0 aliphatic carbocycles. The molecule has 76 valence electrons. The number of hydrogen-bond donors (Lipinski definition) is 1. The summed E-state index contributed by atoms with van der Waals surface area (Å²) in [5, 5.41) is 9.88. The molecule has 1 nitrogen and oxygen atoms in total. The first-order valence-corrected chi connectivity index (χ1v) is 6.66. The van der Waals surface area contributed by atoms with Crippen LogP contribution < -0.4 is 0 Å². The summed E-state index contributed by atoms with van der Waals surface area (Å²) >= 11 is 5.31. The number of rotatable bonds is 2. The molecule has 0 spiro atoms. The number of halogens is 1. The van der Waals surface area contributed by atoms with Gasteiger partial charge in [-0.3, -0.25) is 0 Å². The van der Waals surface area contributed by atoms with E-state index < -0.39 is 6.10 Å². The maximum absolute atomic E-state index is 9.88. The highest BCUT2D eigenvalue weighted by Crippen LogP contribution is 2.34. The van der Waals surface area contributed by atoms with Crippen molar-refractivity contribution in [3.8, 4) is 0 Å². The van der Waals surface area contributed by atoms with Crippen molar-refractivity contribution < 1.29 is 5.11 Å². The van der Waals surface area contributed by atoms with Crippen LogP contribution in [-0.4, -0.2) is 15.7 Å². The predicted octanol–water partition coefficient (Wildman–Crippen LogP) is 3.15. The third-order valence-corrected chi connectivity index (χ3v) is 4.11. The molecule has 0 radical (unpaired) electrons. The lowest BCUT2D eigenvalue weighted by molar-refractivity contribution is 0.181. The maximum atomic E-state index is 9.88. The summed E-state index contributed by atoms with van der Waals surface area (Å²) < 4.78 is 0. The summed E-state index contributed by atoms with van der Waals surface area (Å²) in [4.78, 5) is 1.48. The second-order valence-corrected chi connectivity index (χ2v) is 6.17. The lowest BCUT2D eigenvalue weighted by atomic mass is 10.0. The molecular weight excluding hydrogens is 260 g/mol. The number of hydrogen-bond acceptors (Lipinski definition) is 2. The molecule has 1 aromatic carbocycles. The van der Waals surface area contributed by atoms with Crippen LogP contribution in [0.4, 0.5) is 0 Å². The summed E-state index contributed by atoms with van der Waals surface area (Å²) in [6, 6.07) is 6.29. The first-order chi connectivity index (χ1) is 6.68. The molecule has 0 saturated carbocycles. The molecule has 2 atom stereocenters. The van der Waals surface area contributed by atoms with Gasteiger partial charge >= 0.3 is 0 Å². The Morgan fingerprint density at radius 2 is 2.29 bits per heavy atom. The van der Waals surface area contributed by atoms with E-state index in [1.165, 1.54) is 16.2 Å². The van der Waals surface area contributed by atoms with Crippen LogP contribution in [0.1, 0.15) is 24.2 Å². The van der Waals surface area contributed by atoms with Crippen molar-refractivity contribution in [2.45, 2.75) is 29.2 Å². The van der Waals surface area contributed by atoms with Gasteiger partial charge in [0.1, 0.15) is 0 Å². The van der Waals surface area contributed by atoms with Crippen LogP contribution in [-0.2, 0) is 6.42 Å². The fourth-order valence-corrected chi connectivity index (χ4v) is 3.01. The van der Waals surface area contributed by atoms with Gasteiger partial charge in [0, 0.05) is 15.5 Å². The zero-order valence-electron chi connectivity index (χ0n) is 8.03. The van der Waals surface area contributed by atoms with Gasteiger partial charge in [0.25, 0.3) is 0 Å². The average Bonchev–Trinajstić information content (AvgIpc) is 2.62. The zero-order chi connectivity index (χ0) is 10.1. The number of alkyl halides is 1. The Labute approximate surface area is 97.0 Å². The van der Waals surface area contributed by atoms with E-state index in [4.69, 9.17) is 0 Å². The summed E-state index contributed by atoms with van der Waals surface area (Å²) in [5.74, 6) is 1.18. The van der Waals surface area contributed by atoms with Gasteiger partial charge < -0.3 is 5.11 Å². The van der Waals surface area contributed by atoms with Crippen molar-refractivity contribution in [1.29, 1.82) is 0 Å². The van der Waals surface area contributed by atoms with E-state index in [2.05, 4.69) is 28.1 Å². The van der Waals surface area contributed by atoms with Crippen molar-refractivity contribution in [3.05, 3.63) is 29.3 Å². The van der Waals surface area contributed by atoms with Gasteiger partial charge in [0.05, 0.1) is 6.10 Å². The Balaban J connectivity index is 2.28. The maximum Gasteiger partial charge on any atom is 0.0912 e. The van der Waals surface area contributed by atoms with Crippen molar-refractivity contribution >= 4 is 27.7 Å². The minimum absolute atomic E-state index is 0.106. The highest BCUT2D eigenvalue weighted by Gasteiger charge is 2.17. The lowest BCUT2D eigenvalue weighted by Gasteiger charge is -2.14. The van der Waals surface area contributed by atoms with Crippen LogP contribution in [0.5, 0.6) is 0 Å². The van der Waals surface area contributed by atoms with E-state index in [1.54, 1.807) is 0 Å². The molecule has 0 bridgehead atoms. The van der Waals surface area contributed by atoms with Crippen molar-refractivity contribution in [2.24, 2.45) is 0 Å². The first-order valence-electron chi connectivity index (χ1n) is 4.76. The van der Waals surface area contributed by atoms with E-state index in [0.717, 1.165) is 12.0 Å². The van der Waals surface area contributed by atoms with E-state index in [9.17, 15) is 5.11 Å². The monoisotopic (exact) mass is 272 g/mol. The molecule has 1 aliphatic heterocycles. The zero-order valence-corrected chi connectivity index (χ0v) is 10.4. The van der Waals surface area contributed by atoms with Gasteiger partial charge in [-0.25, -0.2) is 0 Å². The second kappa shape index (κ2) is 4.25. The highest BCUT2D eigenvalue weighted by molar-refractivity contribution is 9.09. The fourth-order valence-electron chi connectivity index (χ4n) is 1.66. The molecule has 1 aliphatic rings. The topological polar surface area (TPSA) is 20.2 Å². The van der Waals surface area contributed by atoms with Gasteiger partial charge in [0.2, 0.25) is 0 Å². The smallest absolute Gasteiger partial charge is 0.0912 e. The Hall–Kier alpha value is 0.01000.